The number of nitrogens with one attached hydrogen (secondary N) is 2. The number of benzene rings is 1. The van der Waals surface area contributed by atoms with Crippen molar-refractivity contribution in [2.45, 2.75) is 20.0 Å². The molecule has 1 saturated heterocycles. The van der Waals surface area contributed by atoms with Gasteiger partial charge in [0.1, 0.15) is 5.76 Å². The van der Waals surface area contributed by atoms with Crippen molar-refractivity contribution < 1.29 is 14.1 Å². The summed E-state index contributed by atoms with van der Waals surface area (Å²) in [7, 11) is 0. The largest absolute Gasteiger partial charge is 0.379 e. The van der Waals surface area contributed by atoms with Gasteiger partial charge in [-0.25, -0.2) is 4.79 Å². The van der Waals surface area contributed by atoms with Gasteiger partial charge in [-0.15, -0.1) is 0 Å². The number of hydrogen-bond acceptors (Lipinski definition) is 5. The minimum Gasteiger partial charge on any atom is -0.379 e. The lowest BCUT2D eigenvalue weighted by Gasteiger charge is -2.27. The topological polar surface area (TPSA) is 79.6 Å². The van der Waals surface area contributed by atoms with Crippen LogP contribution in [-0.4, -0.2) is 42.4 Å². The van der Waals surface area contributed by atoms with Gasteiger partial charge in [0.2, 0.25) is 0 Å². The SMILES string of the molecule is Cc1cc(NC(=O)NCc2ccccc2CN2CCOCC2)no1. The molecule has 2 heterocycles. The molecule has 7 nitrogen and oxygen atoms in total. The minimum atomic E-state index is -0.301. The third kappa shape index (κ3) is 4.56. The average molecular weight is 330 g/mol. The third-order valence-corrected chi connectivity index (χ3v) is 3.93. The molecule has 1 fully saturated rings. The quantitative estimate of drug-likeness (QED) is 0.878. The molecule has 0 aliphatic carbocycles. The number of carbonyl (C=O) groups excluding carboxylic acids is 1. The molecule has 0 bridgehead atoms. The summed E-state index contributed by atoms with van der Waals surface area (Å²) in [5.41, 5.74) is 2.33. The monoisotopic (exact) mass is 330 g/mol. The zero-order valence-electron chi connectivity index (χ0n) is 13.7. The molecule has 24 heavy (non-hydrogen) atoms. The number of amides is 2. The van der Waals surface area contributed by atoms with Crippen LogP contribution in [0, 0.1) is 6.92 Å². The predicted octanol–water partition coefficient (Wildman–Crippen LogP) is 2.14. The molecule has 2 aromatic rings. The molecule has 0 atom stereocenters. The molecule has 1 aromatic heterocycles. The number of aromatic nitrogens is 1. The first-order chi connectivity index (χ1) is 11.7. The summed E-state index contributed by atoms with van der Waals surface area (Å²) in [6.07, 6.45) is 0. The number of anilines is 1. The summed E-state index contributed by atoms with van der Waals surface area (Å²) in [4.78, 5) is 14.3. The summed E-state index contributed by atoms with van der Waals surface area (Å²) in [5.74, 6) is 1.06. The van der Waals surface area contributed by atoms with E-state index in [1.807, 2.05) is 18.2 Å². The fourth-order valence-corrected chi connectivity index (χ4v) is 2.65. The van der Waals surface area contributed by atoms with Crippen LogP contribution in [-0.2, 0) is 17.8 Å². The molecule has 0 saturated carbocycles. The van der Waals surface area contributed by atoms with Crippen LogP contribution in [0.4, 0.5) is 10.6 Å². The highest BCUT2D eigenvalue weighted by molar-refractivity contribution is 5.88. The molecule has 1 aromatic carbocycles. The Bertz CT molecular complexity index is 680. The number of rotatable bonds is 5. The first-order valence-electron chi connectivity index (χ1n) is 8.06. The van der Waals surface area contributed by atoms with Gasteiger partial charge in [-0.05, 0) is 18.1 Å². The Labute approximate surface area is 141 Å². The molecule has 0 unspecified atom stereocenters. The van der Waals surface area contributed by atoms with Crippen LogP contribution >= 0.6 is 0 Å². The molecular formula is C17H22N4O3. The Kier molecular flexibility index (Phi) is 5.45. The van der Waals surface area contributed by atoms with Crippen molar-refractivity contribution in [1.82, 2.24) is 15.4 Å². The van der Waals surface area contributed by atoms with E-state index in [2.05, 4.69) is 26.8 Å². The summed E-state index contributed by atoms with van der Waals surface area (Å²) >= 11 is 0. The van der Waals surface area contributed by atoms with Gasteiger partial charge in [0.25, 0.3) is 0 Å². The molecule has 0 radical (unpaired) electrons. The van der Waals surface area contributed by atoms with Crippen LogP contribution in [0.3, 0.4) is 0 Å². The predicted molar refractivity (Wildman–Crippen MR) is 89.6 cm³/mol. The lowest BCUT2D eigenvalue weighted by atomic mass is 10.1. The molecular weight excluding hydrogens is 308 g/mol. The molecule has 0 spiro atoms. The van der Waals surface area contributed by atoms with Crippen molar-refractivity contribution in [3.8, 4) is 0 Å². The maximum atomic E-state index is 12.0. The lowest BCUT2D eigenvalue weighted by Crippen LogP contribution is -2.36. The number of morpholine rings is 1. The Hall–Kier alpha value is -2.38. The molecule has 1 aliphatic heterocycles. The van der Waals surface area contributed by atoms with E-state index >= 15 is 0 Å². The zero-order chi connectivity index (χ0) is 16.8. The maximum absolute atomic E-state index is 12.0. The second-order valence-corrected chi connectivity index (χ2v) is 5.79. The number of nitrogens with zero attached hydrogens (tertiary/aromatic N) is 2. The number of hydrogen-bond donors (Lipinski definition) is 2. The van der Waals surface area contributed by atoms with Crippen molar-refractivity contribution in [3.63, 3.8) is 0 Å². The first-order valence-corrected chi connectivity index (χ1v) is 8.06. The van der Waals surface area contributed by atoms with Gasteiger partial charge in [0.15, 0.2) is 5.82 Å². The standard InChI is InChI=1S/C17H22N4O3/c1-13-10-16(20-24-13)19-17(22)18-11-14-4-2-3-5-15(14)12-21-6-8-23-9-7-21/h2-5,10H,6-9,11-12H2,1H3,(H2,18,19,20,22). The van der Waals surface area contributed by atoms with Crippen LogP contribution in [0.25, 0.3) is 0 Å². The second kappa shape index (κ2) is 7.94. The van der Waals surface area contributed by atoms with E-state index in [4.69, 9.17) is 9.26 Å². The van der Waals surface area contributed by atoms with Gasteiger partial charge in [0, 0.05) is 32.2 Å². The third-order valence-electron chi connectivity index (χ3n) is 3.93. The van der Waals surface area contributed by atoms with E-state index in [1.54, 1.807) is 13.0 Å². The maximum Gasteiger partial charge on any atom is 0.320 e. The number of urea groups is 1. The number of carbonyl (C=O) groups is 1. The van der Waals surface area contributed by atoms with Crippen molar-refractivity contribution >= 4 is 11.8 Å². The first kappa shape index (κ1) is 16.5. The molecule has 7 heteroatoms. The summed E-state index contributed by atoms with van der Waals surface area (Å²) in [6.45, 7) is 6.54. The van der Waals surface area contributed by atoms with Gasteiger partial charge >= 0.3 is 6.03 Å². The highest BCUT2D eigenvalue weighted by atomic mass is 16.5. The lowest BCUT2D eigenvalue weighted by molar-refractivity contribution is 0.0341. The Balaban J connectivity index is 1.55. The minimum absolute atomic E-state index is 0.301. The van der Waals surface area contributed by atoms with Gasteiger partial charge < -0.3 is 14.6 Å². The Morgan fingerprint density at radius 3 is 2.71 bits per heavy atom. The average Bonchev–Trinajstić information content (AvgIpc) is 3.00. The molecule has 128 valence electrons. The molecule has 2 N–H and O–H groups in total. The Morgan fingerprint density at radius 1 is 1.25 bits per heavy atom. The highest BCUT2D eigenvalue weighted by Crippen LogP contribution is 2.13. The van der Waals surface area contributed by atoms with E-state index in [-0.39, 0.29) is 6.03 Å². The molecule has 3 rings (SSSR count). The molecule has 2 amide bonds. The van der Waals surface area contributed by atoms with E-state index in [1.165, 1.54) is 5.56 Å². The van der Waals surface area contributed by atoms with E-state index in [9.17, 15) is 4.79 Å². The van der Waals surface area contributed by atoms with Gasteiger partial charge in [0.05, 0.1) is 13.2 Å². The highest BCUT2D eigenvalue weighted by Gasteiger charge is 2.13. The summed E-state index contributed by atoms with van der Waals surface area (Å²) < 4.78 is 10.3. The van der Waals surface area contributed by atoms with Crippen LogP contribution in [0.15, 0.2) is 34.9 Å². The van der Waals surface area contributed by atoms with Crippen molar-refractivity contribution in [3.05, 3.63) is 47.2 Å². The number of ether oxygens (including phenoxy) is 1. The summed E-state index contributed by atoms with van der Waals surface area (Å²) in [6, 6.07) is 9.52. The normalized spacial score (nSPS) is 15.2. The summed E-state index contributed by atoms with van der Waals surface area (Å²) in [5, 5.41) is 9.25. The second-order valence-electron chi connectivity index (χ2n) is 5.79. The van der Waals surface area contributed by atoms with Crippen molar-refractivity contribution in [2.24, 2.45) is 0 Å². The van der Waals surface area contributed by atoms with Crippen LogP contribution in [0.2, 0.25) is 0 Å². The van der Waals surface area contributed by atoms with Crippen LogP contribution in [0.1, 0.15) is 16.9 Å². The smallest absolute Gasteiger partial charge is 0.320 e. The van der Waals surface area contributed by atoms with Crippen LogP contribution < -0.4 is 10.6 Å². The van der Waals surface area contributed by atoms with Gasteiger partial charge in [-0.3, -0.25) is 10.2 Å². The van der Waals surface area contributed by atoms with Crippen molar-refractivity contribution in [2.75, 3.05) is 31.6 Å². The van der Waals surface area contributed by atoms with E-state index in [0.29, 0.717) is 18.1 Å². The van der Waals surface area contributed by atoms with Crippen LogP contribution in [0.5, 0.6) is 0 Å². The van der Waals surface area contributed by atoms with Crippen molar-refractivity contribution in [1.29, 1.82) is 0 Å². The number of aryl methyl sites for hydroxylation is 1. The van der Waals surface area contributed by atoms with Gasteiger partial charge in [-0.2, -0.15) is 0 Å². The Morgan fingerprint density at radius 2 is 2.00 bits per heavy atom. The fraction of sp³-hybridized carbons (Fsp3) is 0.412. The van der Waals surface area contributed by atoms with E-state index < -0.39 is 0 Å². The fourth-order valence-electron chi connectivity index (χ4n) is 2.65. The van der Waals surface area contributed by atoms with E-state index in [0.717, 1.165) is 38.4 Å². The van der Waals surface area contributed by atoms with Gasteiger partial charge in [-0.1, -0.05) is 29.4 Å². The molecule has 1 aliphatic rings. The zero-order valence-corrected chi connectivity index (χ0v) is 13.7.